The lowest BCUT2D eigenvalue weighted by atomic mass is 10.2. The third-order valence-corrected chi connectivity index (χ3v) is 1.80. The molecule has 5 heteroatoms. The number of benzene rings is 1. The molecule has 0 amide bonds. The van der Waals surface area contributed by atoms with Crippen molar-refractivity contribution in [2.75, 3.05) is 21.3 Å². The van der Waals surface area contributed by atoms with Crippen molar-refractivity contribution in [3.63, 3.8) is 0 Å². The molecule has 0 heterocycles. The summed E-state index contributed by atoms with van der Waals surface area (Å²) in [5, 5.41) is 3.47. The van der Waals surface area contributed by atoms with E-state index in [1.807, 2.05) is 0 Å². The molecule has 4 nitrogen and oxygen atoms in total. The van der Waals surface area contributed by atoms with Crippen LogP contribution >= 0.6 is 0 Å². The predicted molar refractivity (Wildman–Crippen MR) is 54.1 cm³/mol. The summed E-state index contributed by atoms with van der Waals surface area (Å²) in [5.41, 5.74) is 0.273. The maximum absolute atomic E-state index is 13.4. The maximum Gasteiger partial charge on any atom is 0.163 e. The number of ether oxygens (including phenoxy) is 2. The van der Waals surface area contributed by atoms with Crippen molar-refractivity contribution < 1.29 is 18.7 Å². The fourth-order valence-electron chi connectivity index (χ4n) is 1.08. The molecule has 0 unspecified atom stereocenters. The molecule has 0 aliphatic heterocycles. The zero-order valence-corrected chi connectivity index (χ0v) is 8.78. The van der Waals surface area contributed by atoms with Gasteiger partial charge in [0.1, 0.15) is 12.9 Å². The van der Waals surface area contributed by atoms with Gasteiger partial charge >= 0.3 is 0 Å². The van der Waals surface area contributed by atoms with Crippen LogP contribution in [-0.2, 0) is 4.84 Å². The van der Waals surface area contributed by atoms with Crippen LogP contribution in [0.1, 0.15) is 5.56 Å². The molecule has 0 atom stereocenters. The Hall–Kier alpha value is -1.78. The molecule has 1 aromatic rings. The maximum atomic E-state index is 13.4. The Labute approximate surface area is 87.2 Å². The van der Waals surface area contributed by atoms with Gasteiger partial charge in [0.25, 0.3) is 0 Å². The van der Waals surface area contributed by atoms with Gasteiger partial charge in [-0.1, -0.05) is 5.16 Å². The topological polar surface area (TPSA) is 40.0 Å². The normalized spacial score (nSPS) is 10.4. The summed E-state index contributed by atoms with van der Waals surface area (Å²) in [6, 6.07) is 2.71. The van der Waals surface area contributed by atoms with Crippen LogP contribution in [-0.4, -0.2) is 27.5 Å². The number of oxime groups is 1. The van der Waals surface area contributed by atoms with E-state index < -0.39 is 5.82 Å². The van der Waals surface area contributed by atoms with Gasteiger partial charge in [0.05, 0.1) is 20.4 Å². The van der Waals surface area contributed by atoms with E-state index in [2.05, 4.69) is 9.99 Å². The first kappa shape index (κ1) is 11.3. The summed E-state index contributed by atoms with van der Waals surface area (Å²) in [4.78, 5) is 4.46. The van der Waals surface area contributed by atoms with Crippen molar-refractivity contribution >= 4 is 6.21 Å². The van der Waals surface area contributed by atoms with E-state index in [9.17, 15) is 4.39 Å². The molecule has 0 aromatic heterocycles. The van der Waals surface area contributed by atoms with Gasteiger partial charge in [0, 0.05) is 11.6 Å². The second-order valence-electron chi connectivity index (χ2n) is 2.65. The highest BCUT2D eigenvalue weighted by Crippen LogP contribution is 2.29. The number of methoxy groups -OCH3 is 2. The van der Waals surface area contributed by atoms with Gasteiger partial charge in [0.15, 0.2) is 11.5 Å². The average molecular weight is 213 g/mol. The van der Waals surface area contributed by atoms with Gasteiger partial charge in [-0.15, -0.1) is 0 Å². The first-order chi connectivity index (χ1) is 7.22. The predicted octanol–water partition coefficient (Wildman–Crippen LogP) is 1.82. The molecule has 0 aliphatic rings. The Kier molecular flexibility index (Phi) is 3.91. The quantitative estimate of drug-likeness (QED) is 0.565. The molecule has 0 saturated carbocycles. The minimum absolute atomic E-state index is 0.273. The van der Waals surface area contributed by atoms with Gasteiger partial charge in [0.2, 0.25) is 0 Å². The molecule has 0 bridgehead atoms. The van der Waals surface area contributed by atoms with Crippen LogP contribution in [0.5, 0.6) is 11.5 Å². The number of rotatable bonds is 4. The summed E-state index contributed by atoms with van der Waals surface area (Å²) in [6.07, 6.45) is 1.26. The van der Waals surface area contributed by atoms with Gasteiger partial charge in [-0.3, -0.25) is 0 Å². The molecule has 82 valence electrons. The van der Waals surface area contributed by atoms with Crippen LogP contribution in [0, 0.1) is 5.82 Å². The fraction of sp³-hybridized carbons (Fsp3) is 0.300. The number of hydrogen-bond donors (Lipinski definition) is 0. The average Bonchev–Trinajstić information content (AvgIpc) is 2.27. The minimum Gasteiger partial charge on any atom is -0.493 e. The molecule has 0 aliphatic carbocycles. The van der Waals surface area contributed by atoms with Crippen molar-refractivity contribution in [1.82, 2.24) is 0 Å². The molecule has 0 saturated heterocycles. The van der Waals surface area contributed by atoms with Gasteiger partial charge in [-0.2, -0.15) is 0 Å². The second kappa shape index (κ2) is 5.19. The van der Waals surface area contributed by atoms with E-state index in [1.165, 1.54) is 39.7 Å². The Balaban J connectivity index is 3.13. The molecule has 1 aromatic carbocycles. The van der Waals surface area contributed by atoms with E-state index >= 15 is 0 Å². The lowest BCUT2D eigenvalue weighted by Crippen LogP contribution is -1.96. The van der Waals surface area contributed by atoms with E-state index in [0.29, 0.717) is 11.5 Å². The van der Waals surface area contributed by atoms with Crippen LogP contribution in [0.4, 0.5) is 4.39 Å². The van der Waals surface area contributed by atoms with Crippen molar-refractivity contribution in [3.05, 3.63) is 23.5 Å². The van der Waals surface area contributed by atoms with Crippen molar-refractivity contribution in [2.24, 2.45) is 5.16 Å². The molecule has 0 radical (unpaired) electrons. The highest BCUT2D eigenvalue weighted by molar-refractivity contribution is 5.80. The van der Waals surface area contributed by atoms with Gasteiger partial charge < -0.3 is 14.3 Å². The highest BCUT2D eigenvalue weighted by atomic mass is 19.1. The summed E-state index contributed by atoms with van der Waals surface area (Å²) in [7, 11) is 4.31. The van der Waals surface area contributed by atoms with E-state index in [-0.39, 0.29) is 5.56 Å². The third kappa shape index (κ3) is 2.59. The Morgan fingerprint density at radius 1 is 1.13 bits per heavy atom. The minimum atomic E-state index is -0.451. The highest BCUT2D eigenvalue weighted by Gasteiger charge is 2.09. The Morgan fingerprint density at radius 2 is 1.73 bits per heavy atom. The standard InChI is InChI=1S/C10H12FNO3/c1-13-9-4-7(6-12-15-3)8(11)5-10(9)14-2/h4-6H,1-3H3/b12-6+. The third-order valence-electron chi connectivity index (χ3n) is 1.80. The Morgan fingerprint density at radius 3 is 2.27 bits per heavy atom. The first-order valence-corrected chi connectivity index (χ1v) is 4.21. The van der Waals surface area contributed by atoms with Crippen molar-refractivity contribution in [2.45, 2.75) is 0 Å². The van der Waals surface area contributed by atoms with Gasteiger partial charge in [-0.05, 0) is 6.07 Å². The summed E-state index contributed by atoms with van der Waals surface area (Å²) >= 11 is 0. The second-order valence-corrected chi connectivity index (χ2v) is 2.65. The monoisotopic (exact) mass is 213 g/mol. The molecule has 1 rings (SSSR count). The van der Waals surface area contributed by atoms with Crippen molar-refractivity contribution in [1.29, 1.82) is 0 Å². The smallest absolute Gasteiger partial charge is 0.163 e. The van der Waals surface area contributed by atoms with Crippen LogP contribution < -0.4 is 9.47 Å². The summed E-state index contributed by atoms with van der Waals surface area (Å²) in [5.74, 6) is 0.328. The van der Waals surface area contributed by atoms with E-state index in [4.69, 9.17) is 9.47 Å². The lowest BCUT2D eigenvalue weighted by molar-refractivity contribution is 0.215. The summed E-state index contributed by atoms with van der Waals surface area (Å²) in [6.45, 7) is 0. The van der Waals surface area contributed by atoms with E-state index in [1.54, 1.807) is 0 Å². The fourth-order valence-corrected chi connectivity index (χ4v) is 1.08. The number of hydrogen-bond acceptors (Lipinski definition) is 4. The van der Waals surface area contributed by atoms with E-state index in [0.717, 1.165) is 0 Å². The van der Waals surface area contributed by atoms with Crippen molar-refractivity contribution in [3.8, 4) is 11.5 Å². The van der Waals surface area contributed by atoms with Crippen LogP contribution in [0.25, 0.3) is 0 Å². The molecule has 0 spiro atoms. The molecule has 0 N–H and O–H groups in total. The summed E-state index contributed by atoms with van der Waals surface area (Å²) < 4.78 is 23.3. The van der Waals surface area contributed by atoms with Crippen LogP contribution in [0.3, 0.4) is 0 Å². The number of halogens is 1. The van der Waals surface area contributed by atoms with Gasteiger partial charge in [-0.25, -0.2) is 4.39 Å². The molecule has 0 fully saturated rings. The first-order valence-electron chi connectivity index (χ1n) is 4.21. The SMILES string of the molecule is CO/N=C/c1cc(OC)c(OC)cc1F. The van der Waals surface area contributed by atoms with Crippen LogP contribution in [0.15, 0.2) is 17.3 Å². The zero-order chi connectivity index (χ0) is 11.3. The molecular weight excluding hydrogens is 201 g/mol. The lowest BCUT2D eigenvalue weighted by Gasteiger charge is -2.08. The molecular formula is C10H12FNO3. The largest absolute Gasteiger partial charge is 0.493 e. The zero-order valence-electron chi connectivity index (χ0n) is 8.78. The van der Waals surface area contributed by atoms with Crippen LogP contribution in [0.2, 0.25) is 0 Å². The number of nitrogens with zero attached hydrogens (tertiary/aromatic N) is 1. The Bertz CT molecular complexity index is 366. The molecule has 15 heavy (non-hydrogen) atoms.